The molecule has 0 aromatic rings. The number of rotatable bonds is 2. The Hall–Kier alpha value is -1.32. The summed E-state index contributed by atoms with van der Waals surface area (Å²) in [6.07, 6.45) is 2.94. The Morgan fingerprint density at radius 2 is 1.82 bits per heavy atom. The molecule has 0 aromatic heterocycles. The van der Waals surface area contributed by atoms with Gasteiger partial charge in [-0.3, -0.25) is 4.79 Å². The molecule has 1 aliphatic heterocycles. The summed E-state index contributed by atoms with van der Waals surface area (Å²) in [5, 5.41) is 0. The molecular formula is C13H21NO3. The van der Waals surface area contributed by atoms with E-state index in [0.717, 1.165) is 0 Å². The minimum atomic E-state index is -0.490. The Kier molecular flexibility index (Phi) is 3.65. The maximum atomic E-state index is 11.7. The first-order valence-corrected chi connectivity index (χ1v) is 5.83. The van der Waals surface area contributed by atoms with Crippen LogP contribution in [0.25, 0.3) is 0 Å². The van der Waals surface area contributed by atoms with Gasteiger partial charge >= 0.3 is 6.09 Å². The highest BCUT2D eigenvalue weighted by atomic mass is 16.6. The Balaban J connectivity index is 2.51. The van der Waals surface area contributed by atoms with E-state index in [1.54, 1.807) is 17.1 Å². The fourth-order valence-electron chi connectivity index (χ4n) is 1.76. The van der Waals surface area contributed by atoms with Crippen LogP contribution in [0.2, 0.25) is 0 Å². The molecule has 17 heavy (non-hydrogen) atoms. The fourth-order valence-corrected chi connectivity index (χ4v) is 1.76. The first kappa shape index (κ1) is 13.7. The molecule has 1 fully saturated rings. The first-order chi connectivity index (χ1) is 7.68. The van der Waals surface area contributed by atoms with Crippen LogP contribution in [0.1, 0.15) is 34.6 Å². The quantitative estimate of drug-likeness (QED) is 0.695. The van der Waals surface area contributed by atoms with E-state index in [4.69, 9.17) is 4.74 Å². The summed E-state index contributed by atoms with van der Waals surface area (Å²) in [4.78, 5) is 25.0. The average molecular weight is 239 g/mol. The smallest absolute Gasteiger partial charge is 0.410 e. The third kappa shape index (κ3) is 3.32. The molecule has 0 radical (unpaired) electrons. The zero-order chi connectivity index (χ0) is 13.3. The van der Waals surface area contributed by atoms with Crippen LogP contribution >= 0.6 is 0 Å². The normalized spacial score (nSPS) is 19.0. The topological polar surface area (TPSA) is 46.6 Å². The Morgan fingerprint density at radius 3 is 2.24 bits per heavy atom. The van der Waals surface area contributed by atoms with Crippen LogP contribution in [-0.4, -0.2) is 35.5 Å². The number of likely N-dealkylation sites (tertiary alicyclic amines) is 1. The lowest BCUT2D eigenvalue weighted by Crippen LogP contribution is -2.60. The van der Waals surface area contributed by atoms with E-state index in [0.29, 0.717) is 13.1 Å². The molecule has 0 N–H and O–H groups in total. The maximum absolute atomic E-state index is 11.7. The summed E-state index contributed by atoms with van der Waals surface area (Å²) < 4.78 is 5.23. The lowest BCUT2D eigenvalue weighted by molar-refractivity contribution is -0.131. The van der Waals surface area contributed by atoms with E-state index in [2.05, 4.69) is 0 Å². The fraction of sp³-hybridized carbons (Fsp3) is 0.692. The van der Waals surface area contributed by atoms with Crippen molar-refractivity contribution in [1.82, 2.24) is 4.90 Å². The van der Waals surface area contributed by atoms with Gasteiger partial charge in [-0.05, 0) is 40.7 Å². The molecule has 1 amide bonds. The molecule has 1 heterocycles. The first-order valence-electron chi connectivity index (χ1n) is 5.83. The van der Waals surface area contributed by atoms with Gasteiger partial charge in [-0.2, -0.15) is 0 Å². The molecule has 0 unspecified atom stereocenters. The minimum Gasteiger partial charge on any atom is -0.444 e. The molecule has 96 valence electrons. The number of allylic oxidation sites excluding steroid dienone is 2. The molecule has 1 saturated heterocycles. The van der Waals surface area contributed by atoms with Crippen molar-refractivity contribution in [3.05, 3.63) is 12.2 Å². The summed E-state index contributed by atoms with van der Waals surface area (Å²) in [5.41, 5.74) is -0.931. The second-order valence-electron chi connectivity index (χ2n) is 5.76. The number of ether oxygens (including phenoxy) is 1. The number of hydrogen-bond donors (Lipinski definition) is 0. The molecule has 0 atom stereocenters. The van der Waals surface area contributed by atoms with Crippen LogP contribution in [0.5, 0.6) is 0 Å². The summed E-state index contributed by atoms with van der Waals surface area (Å²) in [5.74, 6) is 0.0693. The van der Waals surface area contributed by atoms with E-state index in [1.165, 1.54) is 0 Å². The highest BCUT2D eigenvalue weighted by molar-refractivity contribution is 5.96. The van der Waals surface area contributed by atoms with Crippen molar-refractivity contribution in [3.63, 3.8) is 0 Å². The Bertz CT molecular complexity index is 346. The molecule has 0 saturated carbocycles. The van der Waals surface area contributed by atoms with E-state index in [9.17, 15) is 9.59 Å². The number of carbonyl (C=O) groups is 2. The third-order valence-electron chi connectivity index (χ3n) is 2.64. The van der Waals surface area contributed by atoms with Crippen molar-refractivity contribution in [2.24, 2.45) is 5.41 Å². The van der Waals surface area contributed by atoms with Gasteiger partial charge in [-0.1, -0.05) is 6.08 Å². The summed E-state index contributed by atoms with van der Waals surface area (Å²) in [7, 11) is 0. The summed E-state index contributed by atoms with van der Waals surface area (Å²) in [6.45, 7) is 10.0. The van der Waals surface area contributed by atoms with Crippen molar-refractivity contribution in [2.45, 2.75) is 40.2 Å². The van der Waals surface area contributed by atoms with Crippen LogP contribution < -0.4 is 0 Å². The van der Waals surface area contributed by atoms with Crippen molar-refractivity contribution >= 4 is 11.9 Å². The lowest BCUT2D eigenvalue weighted by Gasteiger charge is -2.46. The Labute approximate surface area is 103 Å². The van der Waals surface area contributed by atoms with Crippen LogP contribution in [0.4, 0.5) is 4.79 Å². The predicted molar refractivity (Wildman–Crippen MR) is 65.7 cm³/mol. The zero-order valence-electron chi connectivity index (χ0n) is 11.2. The van der Waals surface area contributed by atoms with Gasteiger partial charge in [0, 0.05) is 13.1 Å². The van der Waals surface area contributed by atoms with Gasteiger partial charge in [0.1, 0.15) is 5.60 Å². The molecule has 1 rings (SSSR count). The van der Waals surface area contributed by atoms with Crippen LogP contribution in [0, 0.1) is 5.41 Å². The van der Waals surface area contributed by atoms with Gasteiger partial charge in [-0.15, -0.1) is 0 Å². The lowest BCUT2D eigenvalue weighted by atomic mass is 9.78. The average Bonchev–Trinajstić information content (AvgIpc) is 2.10. The number of amides is 1. The van der Waals surface area contributed by atoms with E-state index >= 15 is 0 Å². The zero-order valence-corrected chi connectivity index (χ0v) is 11.2. The van der Waals surface area contributed by atoms with Gasteiger partial charge in [0.25, 0.3) is 0 Å². The van der Waals surface area contributed by atoms with E-state index < -0.39 is 11.0 Å². The van der Waals surface area contributed by atoms with Gasteiger partial charge in [-0.25, -0.2) is 4.79 Å². The van der Waals surface area contributed by atoms with Gasteiger partial charge in [0.05, 0.1) is 5.41 Å². The van der Waals surface area contributed by atoms with Gasteiger partial charge in [0.15, 0.2) is 5.78 Å². The minimum absolute atomic E-state index is 0.0693. The molecule has 0 bridgehead atoms. The highest BCUT2D eigenvalue weighted by Gasteiger charge is 2.46. The number of hydrogen-bond acceptors (Lipinski definition) is 3. The Morgan fingerprint density at radius 1 is 1.29 bits per heavy atom. The largest absolute Gasteiger partial charge is 0.444 e. The summed E-state index contributed by atoms with van der Waals surface area (Å²) >= 11 is 0. The van der Waals surface area contributed by atoms with Crippen molar-refractivity contribution in [2.75, 3.05) is 13.1 Å². The second kappa shape index (κ2) is 4.51. The summed E-state index contributed by atoms with van der Waals surface area (Å²) in [6, 6.07) is 0. The van der Waals surface area contributed by atoms with Crippen LogP contribution in [-0.2, 0) is 9.53 Å². The SMILES string of the molecule is C/C=C/C(=O)C1(C)CN(C(=O)OC(C)(C)C)C1. The monoisotopic (exact) mass is 239 g/mol. The molecule has 4 heteroatoms. The molecule has 4 nitrogen and oxygen atoms in total. The molecular weight excluding hydrogens is 218 g/mol. The number of carbonyl (C=O) groups excluding carboxylic acids is 2. The number of nitrogens with zero attached hydrogens (tertiary/aromatic N) is 1. The molecule has 0 spiro atoms. The second-order valence-corrected chi connectivity index (χ2v) is 5.76. The number of ketones is 1. The van der Waals surface area contributed by atoms with Crippen LogP contribution in [0.3, 0.4) is 0 Å². The van der Waals surface area contributed by atoms with Crippen molar-refractivity contribution < 1.29 is 14.3 Å². The van der Waals surface area contributed by atoms with E-state index in [-0.39, 0.29) is 11.9 Å². The molecule has 0 aromatic carbocycles. The predicted octanol–water partition coefficient (Wildman–Crippen LogP) is 2.39. The van der Waals surface area contributed by atoms with Crippen molar-refractivity contribution in [3.8, 4) is 0 Å². The van der Waals surface area contributed by atoms with Crippen LogP contribution in [0.15, 0.2) is 12.2 Å². The third-order valence-corrected chi connectivity index (χ3v) is 2.64. The van der Waals surface area contributed by atoms with Crippen molar-refractivity contribution in [1.29, 1.82) is 0 Å². The van der Waals surface area contributed by atoms with Gasteiger partial charge < -0.3 is 9.64 Å². The maximum Gasteiger partial charge on any atom is 0.410 e. The van der Waals surface area contributed by atoms with E-state index in [1.807, 2.05) is 34.6 Å². The van der Waals surface area contributed by atoms with Gasteiger partial charge in [0.2, 0.25) is 0 Å². The standard InChI is InChI=1S/C13H21NO3/c1-6-7-10(15)13(5)8-14(9-13)11(16)17-12(2,3)4/h6-7H,8-9H2,1-5H3/b7-6+. The molecule has 1 aliphatic rings. The molecule has 0 aliphatic carbocycles. The highest BCUT2D eigenvalue weighted by Crippen LogP contribution is 2.32.